The zero-order chi connectivity index (χ0) is 28.2. The van der Waals surface area contributed by atoms with E-state index in [1.807, 2.05) is 18.2 Å². The van der Waals surface area contributed by atoms with E-state index in [1.165, 1.54) is 10.8 Å². The summed E-state index contributed by atoms with van der Waals surface area (Å²) in [6.45, 7) is 0. The zero-order valence-corrected chi connectivity index (χ0v) is 22.6. The summed E-state index contributed by atoms with van der Waals surface area (Å²) in [6, 6.07) is 41.9. The fourth-order valence-corrected chi connectivity index (χ4v) is 5.85. The van der Waals surface area contributed by atoms with Gasteiger partial charge in [0.1, 0.15) is 0 Å². The normalized spacial score (nSPS) is 12.8. The predicted molar refractivity (Wildman–Crippen MR) is 174 cm³/mol. The Labute approximate surface area is 242 Å². The molecule has 8 rings (SSSR count). The minimum absolute atomic E-state index is 0.216. The first-order valence-electron chi connectivity index (χ1n) is 13.9. The Morgan fingerprint density at radius 2 is 1.00 bits per heavy atom. The van der Waals surface area contributed by atoms with E-state index in [0.717, 1.165) is 60.8 Å². The van der Waals surface area contributed by atoms with Crippen LogP contribution < -0.4 is 0 Å². The summed E-state index contributed by atoms with van der Waals surface area (Å²) in [7, 11) is 0. The quantitative estimate of drug-likeness (QED) is 0.236. The molecule has 0 bridgehead atoms. The third-order valence-corrected chi connectivity index (χ3v) is 8.08. The molecule has 1 aliphatic carbocycles. The van der Waals surface area contributed by atoms with E-state index in [4.69, 9.17) is 20.8 Å². The van der Waals surface area contributed by atoms with Crippen molar-refractivity contribution in [3.63, 3.8) is 0 Å². The Kier molecular flexibility index (Phi) is 5.41. The molecule has 0 spiro atoms. The van der Waals surface area contributed by atoms with E-state index < -0.39 is 0 Å². The molecule has 1 aliphatic rings. The number of hydrogen-bond acceptors (Lipinski definition) is 4. The van der Waals surface area contributed by atoms with Crippen molar-refractivity contribution in [2.24, 2.45) is 0 Å². The summed E-state index contributed by atoms with van der Waals surface area (Å²) < 4.78 is 0. The number of aromatic nitrogens is 2. The lowest BCUT2D eigenvalue weighted by Gasteiger charge is -2.16. The van der Waals surface area contributed by atoms with Gasteiger partial charge in [-0.3, -0.25) is 10.8 Å². The Bertz CT molecular complexity index is 2200. The zero-order valence-electron chi connectivity index (χ0n) is 22.6. The van der Waals surface area contributed by atoms with E-state index in [9.17, 15) is 0 Å². The van der Waals surface area contributed by atoms with Crippen molar-refractivity contribution < 1.29 is 0 Å². The average Bonchev–Trinajstić information content (AvgIpc) is 3.05. The average molecular weight is 537 g/mol. The van der Waals surface area contributed by atoms with Crippen molar-refractivity contribution in [3.05, 3.63) is 139 Å². The second kappa shape index (κ2) is 9.43. The van der Waals surface area contributed by atoms with Gasteiger partial charge in [0.2, 0.25) is 0 Å². The Morgan fingerprint density at radius 3 is 1.64 bits per heavy atom. The van der Waals surface area contributed by atoms with Gasteiger partial charge in [0.05, 0.1) is 22.8 Å². The lowest BCUT2D eigenvalue weighted by atomic mass is 9.88. The molecule has 0 aliphatic heterocycles. The molecule has 2 N–H and O–H groups in total. The van der Waals surface area contributed by atoms with Gasteiger partial charge in [0.25, 0.3) is 0 Å². The maximum absolute atomic E-state index is 8.65. The largest absolute Gasteiger partial charge is 0.299 e. The maximum Gasteiger partial charge on any atom is 0.160 e. The molecule has 0 amide bonds. The second-order valence-corrected chi connectivity index (χ2v) is 10.7. The van der Waals surface area contributed by atoms with Gasteiger partial charge < -0.3 is 0 Å². The summed E-state index contributed by atoms with van der Waals surface area (Å²) >= 11 is 0. The van der Waals surface area contributed by atoms with Crippen LogP contribution in [-0.4, -0.2) is 21.4 Å². The van der Waals surface area contributed by atoms with Gasteiger partial charge in [0, 0.05) is 22.3 Å². The van der Waals surface area contributed by atoms with Crippen LogP contribution in [0, 0.1) is 10.8 Å². The van der Waals surface area contributed by atoms with Crippen LogP contribution in [0.1, 0.15) is 11.1 Å². The molecule has 196 valence electrons. The molecule has 4 nitrogen and oxygen atoms in total. The van der Waals surface area contributed by atoms with Crippen molar-refractivity contribution in [3.8, 4) is 33.9 Å². The fourth-order valence-electron chi connectivity index (χ4n) is 5.85. The van der Waals surface area contributed by atoms with Crippen LogP contribution in [-0.2, 0) is 0 Å². The van der Waals surface area contributed by atoms with Crippen LogP contribution in [0.3, 0.4) is 0 Å². The number of nitrogens with one attached hydrogen (secondary N) is 2. The van der Waals surface area contributed by atoms with Gasteiger partial charge in [0.15, 0.2) is 5.82 Å². The van der Waals surface area contributed by atoms with Crippen molar-refractivity contribution in [2.45, 2.75) is 0 Å². The lowest BCUT2D eigenvalue weighted by Crippen LogP contribution is -2.16. The molecule has 7 aromatic rings. The molecular weight excluding hydrogens is 512 g/mol. The van der Waals surface area contributed by atoms with Crippen LogP contribution in [0.15, 0.2) is 127 Å². The van der Waals surface area contributed by atoms with Crippen molar-refractivity contribution in [1.29, 1.82) is 10.8 Å². The van der Waals surface area contributed by atoms with Gasteiger partial charge in [-0.05, 0) is 68.2 Å². The first kappa shape index (κ1) is 24.1. The van der Waals surface area contributed by atoms with Gasteiger partial charge >= 0.3 is 0 Å². The molecule has 6 aromatic carbocycles. The van der Waals surface area contributed by atoms with Gasteiger partial charge in [-0.1, -0.05) is 103 Å². The molecule has 1 heterocycles. The van der Waals surface area contributed by atoms with Crippen LogP contribution in [0.25, 0.3) is 72.3 Å². The topological polar surface area (TPSA) is 73.5 Å². The number of rotatable bonds is 3. The highest BCUT2D eigenvalue weighted by atomic mass is 14.9. The fraction of sp³-hybridized carbons (Fsp3) is 0. The first-order chi connectivity index (χ1) is 20.6. The highest BCUT2D eigenvalue weighted by molar-refractivity contribution is 6.53. The van der Waals surface area contributed by atoms with E-state index in [2.05, 4.69) is 109 Å². The summed E-state index contributed by atoms with van der Waals surface area (Å²) in [4.78, 5) is 10.2. The molecule has 0 saturated heterocycles. The smallest absolute Gasteiger partial charge is 0.160 e. The summed E-state index contributed by atoms with van der Waals surface area (Å²) in [5.41, 5.74) is 6.80. The molecule has 42 heavy (non-hydrogen) atoms. The molecule has 4 heteroatoms. The van der Waals surface area contributed by atoms with E-state index in [-0.39, 0.29) is 11.4 Å². The molecule has 0 unspecified atom stereocenters. The summed E-state index contributed by atoms with van der Waals surface area (Å²) in [5, 5.41) is 23.5. The number of benzene rings is 6. The predicted octanol–water partition coefficient (Wildman–Crippen LogP) is 9.35. The summed E-state index contributed by atoms with van der Waals surface area (Å²) in [5.74, 6) is 0.622. The van der Waals surface area contributed by atoms with Crippen molar-refractivity contribution in [2.75, 3.05) is 0 Å². The Balaban J connectivity index is 1.35. The highest BCUT2D eigenvalue weighted by Gasteiger charge is 2.19. The van der Waals surface area contributed by atoms with Crippen LogP contribution >= 0.6 is 0 Å². The number of nitrogens with zero attached hydrogens (tertiary/aromatic N) is 2. The van der Waals surface area contributed by atoms with Gasteiger partial charge in [-0.25, -0.2) is 9.97 Å². The van der Waals surface area contributed by atoms with Crippen molar-refractivity contribution in [1.82, 2.24) is 9.97 Å². The molecular formula is C38H24N4. The van der Waals surface area contributed by atoms with Gasteiger partial charge in [-0.2, -0.15) is 0 Å². The third-order valence-electron chi connectivity index (χ3n) is 8.08. The SMILES string of the molecule is N=C1C=Cc2ccc3ccc(-c4nc(-c5ccc6ccccc6c5)cc(-c5ccc6ccccc6c5)n4)cc3c2C1=N. The Morgan fingerprint density at radius 1 is 0.452 bits per heavy atom. The molecule has 0 fully saturated rings. The summed E-state index contributed by atoms with van der Waals surface area (Å²) in [6.07, 6.45) is 3.60. The molecule has 1 aromatic heterocycles. The second-order valence-electron chi connectivity index (χ2n) is 10.7. The molecule has 0 saturated carbocycles. The van der Waals surface area contributed by atoms with E-state index in [0.29, 0.717) is 5.82 Å². The van der Waals surface area contributed by atoms with E-state index >= 15 is 0 Å². The van der Waals surface area contributed by atoms with Gasteiger partial charge in [-0.15, -0.1) is 0 Å². The third kappa shape index (κ3) is 4.01. The highest BCUT2D eigenvalue weighted by Crippen LogP contribution is 2.34. The molecule has 0 atom stereocenters. The maximum atomic E-state index is 8.65. The lowest BCUT2D eigenvalue weighted by molar-refractivity contribution is 1.19. The minimum atomic E-state index is 0.216. The van der Waals surface area contributed by atoms with Crippen LogP contribution in [0.2, 0.25) is 0 Å². The first-order valence-corrected chi connectivity index (χ1v) is 13.9. The molecule has 0 radical (unpaired) electrons. The number of allylic oxidation sites excluding steroid dienone is 1. The van der Waals surface area contributed by atoms with Crippen LogP contribution in [0.5, 0.6) is 0 Å². The van der Waals surface area contributed by atoms with Crippen molar-refractivity contribution >= 4 is 49.8 Å². The minimum Gasteiger partial charge on any atom is -0.299 e. The Hall–Kier alpha value is -5.74. The number of hydrogen-bond donors (Lipinski definition) is 2. The van der Waals surface area contributed by atoms with Crippen LogP contribution in [0.4, 0.5) is 0 Å². The standard InChI is InChI=1S/C38H24N4/c39-33-18-17-26-13-11-25-12-16-31(21-32(25)36(26)37(33)40)38-41-34(29-14-9-23-5-1-3-7-27(23)19-29)22-35(42-38)30-15-10-24-6-2-4-8-28(24)20-30/h1-22,39-40H. The monoisotopic (exact) mass is 536 g/mol. The number of fused-ring (bicyclic) bond motifs is 5. The van der Waals surface area contributed by atoms with E-state index in [1.54, 1.807) is 6.08 Å².